The first-order valence-electron chi connectivity index (χ1n) is 8.45. The van der Waals surface area contributed by atoms with Gasteiger partial charge in [-0.15, -0.1) is 0 Å². The number of halogens is 3. The molecule has 3 rings (SSSR count). The molecule has 0 saturated heterocycles. The number of rotatable bonds is 4. The number of nitrogens with zero attached hydrogens (tertiary/aromatic N) is 1. The molecule has 1 heterocycles. The Labute approximate surface area is 160 Å². The molecule has 1 aliphatic carbocycles. The summed E-state index contributed by atoms with van der Waals surface area (Å²) in [6.45, 7) is 0.980. The van der Waals surface area contributed by atoms with Crippen molar-refractivity contribution in [1.29, 1.82) is 0 Å². The Kier molecular flexibility index (Phi) is 5.20. The van der Waals surface area contributed by atoms with Crippen molar-refractivity contribution in [3.63, 3.8) is 0 Å². The van der Waals surface area contributed by atoms with E-state index in [9.17, 15) is 19.4 Å². The van der Waals surface area contributed by atoms with Crippen molar-refractivity contribution in [2.24, 2.45) is 0 Å². The maximum absolute atomic E-state index is 15.7. The Morgan fingerprint density at radius 1 is 1.41 bits per heavy atom. The monoisotopic (exact) mass is 396 g/mol. The Bertz CT molecular complexity index is 882. The number of hydrogen-bond acceptors (Lipinski definition) is 4. The highest BCUT2D eigenvalue weighted by molar-refractivity contribution is 6.31. The van der Waals surface area contributed by atoms with Gasteiger partial charge in [-0.05, 0) is 43.5 Å². The molecule has 0 radical (unpaired) electrons. The molecule has 5 nitrogen and oxygen atoms in total. The van der Waals surface area contributed by atoms with E-state index in [2.05, 4.69) is 10.3 Å². The number of aromatic nitrogens is 1. The predicted molar refractivity (Wildman–Crippen MR) is 95.2 cm³/mol. The van der Waals surface area contributed by atoms with Crippen molar-refractivity contribution < 1.29 is 23.8 Å². The molecule has 1 aliphatic rings. The van der Waals surface area contributed by atoms with Gasteiger partial charge < -0.3 is 15.5 Å². The third-order valence-corrected chi connectivity index (χ3v) is 5.28. The highest BCUT2D eigenvalue weighted by atomic mass is 35.5. The summed E-state index contributed by atoms with van der Waals surface area (Å²) in [7, 11) is 0. The molecule has 2 aromatic rings. The lowest BCUT2D eigenvalue weighted by molar-refractivity contribution is -0.138. The summed E-state index contributed by atoms with van der Waals surface area (Å²) in [5, 5.41) is 22.7. The van der Waals surface area contributed by atoms with Crippen LogP contribution in [0.3, 0.4) is 0 Å². The second kappa shape index (κ2) is 7.14. The lowest BCUT2D eigenvalue weighted by Gasteiger charge is -2.39. The zero-order valence-electron chi connectivity index (χ0n) is 14.5. The molecule has 8 heteroatoms. The molecule has 1 aromatic heterocycles. The smallest absolute Gasteiger partial charge is 0.262 e. The van der Waals surface area contributed by atoms with Crippen molar-refractivity contribution in [2.45, 2.75) is 37.1 Å². The SMILES string of the molecule is C[C@@H](NC(=O)C1(F)CCC(O)(CO)c2ncccc21)c1ccc(F)cc1Cl. The van der Waals surface area contributed by atoms with E-state index in [1.807, 2.05) is 0 Å². The number of pyridine rings is 1. The molecular weight excluding hydrogens is 378 g/mol. The first kappa shape index (κ1) is 19.7. The highest BCUT2D eigenvalue weighted by Crippen LogP contribution is 2.45. The summed E-state index contributed by atoms with van der Waals surface area (Å²) in [4.78, 5) is 16.8. The van der Waals surface area contributed by atoms with E-state index < -0.39 is 35.6 Å². The number of fused-ring (bicyclic) bond motifs is 1. The molecule has 0 bridgehead atoms. The summed E-state index contributed by atoms with van der Waals surface area (Å²) in [5.74, 6) is -1.43. The quantitative estimate of drug-likeness (QED) is 0.742. The second-order valence-electron chi connectivity index (χ2n) is 6.75. The summed E-state index contributed by atoms with van der Waals surface area (Å²) < 4.78 is 29.0. The van der Waals surface area contributed by atoms with Crippen molar-refractivity contribution in [1.82, 2.24) is 10.3 Å². The number of carbonyl (C=O) groups excluding carboxylic acids is 1. The van der Waals surface area contributed by atoms with Gasteiger partial charge in [0.15, 0.2) is 0 Å². The van der Waals surface area contributed by atoms with Gasteiger partial charge in [-0.2, -0.15) is 0 Å². The van der Waals surface area contributed by atoms with E-state index in [0.29, 0.717) is 5.56 Å². The van der Waals surface area contributed by atoms with Crippen LogP contribution in [0.1, 0.15) is 42.6 Å². The van der Waals surface area contributed by atoms with E-state index >= 15 is 4.39 Å². The second-order valence-corrected chi connectivity index (χ2v) is 7.16. The van der Waals surface area contributed by atoms with Crippen molar-refractivity contribution >= 4 is 17.5 Å². The molecule has 2 unspecified atom stereocenters. The van der Waals surface area contributed by atoms with Crippen molar-refractivity contribution in [3.8, 4) is 0 Å². The molecule has 144 valence electrons. The van der Waals surface area contributed by atoms with Crippen LogP contribution in [0.15, 0.2) is 36.5 Å². The fourth-order valence-corrected chi connectivity index (χ4v) is 3.69. The van der Waals surface area contributed by atoms with Gasteiger partial charge >= 0.3 is 0 Å². The zero-order valence-corrected chi connectivity index (χ0v) is 15.3. The van der Waals surface area contributed by atoms with Gasteiger partial charge in [0.1, 0.15) is 11.4 Å². The Morgan fingerprint density at radius 3 is 2.81 bits per heavy atom. The fraction of sp³-hybridized carbons (Fsp3) is 0.368. The van der Waals surface area contributed by atoms with Gasteiger partial charge in [-0.1, -0.05) is 23.7 Å². The first-order chi connectivity index (χ1) is 12.7. The molecule has 1 amide bonds. The summed E-state index contributed by atoms with van der Waals surface area (Å²) in [6, 6.07) is 5.91. The summed E-state index contributed by atoms with van der Waals surface area (Å²) >= 11 is 6.01. The number of hydrogen-bond donors (Lipinski definition) is 3. The normalized spacial score (nSPS) is 25.6. The van der Waals surface area contributed by atoms with Crippen LogP contribution in [-0.4, -0.2) is 27.7 Å². The van der Waals surface area contributed by atoms with Crippen molar-refractivity contribution in [3.05, 3.63) is 64.2 Å². The standard InChI is InChI=1S/C19H19ClF2N2O3/c1-11(13-5-4-12(21)9-15(13)20)24-17(26)19(22)7-6-18(27,10-25)16-14(19)3-2-8-23-16/h2-5,8-9,11,25,27H,6-7,10H2,1H3,(H,24,26)/t11-,18?,19?/m1/s1. The molecule has 27 heavy (non-hydrogen) atoms. The molecule has 0 aliphatic heterocycles. The predicted octanol–water partition coefficient (Wildman–Crippen LogP) is 2.89. The number of aliphatic hydroxyl groups is 2. The van der Waals surface area contributed by atoms with Gasteiger partial charge in [-0.25, -0.2) is 8.78 Å². The van der Waals surface area contributed by atoms with E-state index in [1.165, 1.54) is 30.5 Å². The fourth-order valence-electron chi connectivity index (χ4n) is 3.36. The maximum Gasteiger partial charge on any atom is 0.262 e. The van der Waals surface area contributed by atoms with Crippen LogP contribution in [0, 0.1) is 5.82 Å². The third kappa shape index (κ3) is 3.42. The van der Waals surface area contributed by atoms with Gasteiger partial charge in [0.05, 0.1) is 18.3 Å². The number of nitrogens with one attached hydrogen (secondary N) is 1. The topological polar surface area (TPSA) is 82.5 Å². The largest absolute Gasteiger partial charge is 0.393 e. The molecular formula is C19H19ClF2N2O3. The van der Waals surface area contributed by atoms with E-state index in [0.717, 1.165) is 6.07 Å². The number of carbonyl (C=O) groups is 1. The average Bonchev–Trinajstić information content (AvgIpc) is 2.65. The number of alkyl halides is 1. The van der Waals surface area contributed by atoms with Crippen LogP contribution in [0.5, 0.6) is 0 Å². The van der Waals surface area contributed by atoms with Gasteiger partial charge in [0.25, 0.3) is 5.91 Å². The van der Waals surface area contributed by atoms with Gasteiger partial charge in [0, 0.05) is 16.8 Å². The lowest BCUT2D eigenvalue weighted by atomic mass is 9.74. The molecule has 1 aromatic carbocycles. The van der Waals surface area contributed by atoms with Crippen LogP contribution in [0.4, 0.5) is 8.78 Å². The number of amides is 1. The molecule has 0 spiro atoms. The highest BCUT2D eigenvalue weighted by Gasteiger charge is 2.52. The minimum Gasteiger partial charge on any atom is -0.393 e. The van der Waals surface area contributed by atoms with Crippen LogP contribution in [-0.2, 0) is 16.1 Å². The Balaban J connectivity index is 1.91. The van der Waals surface area contributed by atoms with Gasteiger partial charge in [0.2, 0.25) is 5.67 Å². The van der Waals surface area contributed by atoms with E-state index in [1.54, 1.807) is 6.92 Å². The van der Waals surface area contributed by atoms with Gasteiger partial charge in [-0.3, -0.25) is 9.78 Å². The molecule has 0 fully saturated rings. The van der Waals surface area contributed by atoms with E-state index in [-0.39, 0.29) is 29.1 Å². The lowest BCUT2D eigenvalue weighted by Crippen LogP contribution is -2.49. The molecule has 3 N–H and O–H groups in total. The van der Waals surface area contributed by atoms with Crippen molar-refractivity contribution in [2.75, 3.05) is 6.61 Å². The summed E-state index contributed by atoms with van der Waals surface area (Å²) in [6.07, 6.45) is 0.881. The van der Waals surface area contributed by atoms with E-state index in [4.69, 9.17) is 11.6 Å². The third-order valence-electron chi connectivity index (χ3n) is 4.96. The molecule has 3 atom stereocenters. The Hall–Kier alpha value is -2.09. The Morgan fingerprint density at radius 2 is 2.15 bits per heavy atom. The number of benzene rings is 1. The number of aliphatic hydroxyl groups excluding tert-OH is 1. The minimum absolute atomic E-state index is 0.0520. The van der Waals surface area contributed by atoms with Crippen LogP contribution in [0.2, 0.25) is 5.02 Å². The minimum atomic E-state index is -2.42. The van der Waals surface area contributed by atoms with Crippen LogP contribution in [0.25, 0.3) is 0 Å². The first-order valence-corrected chi connectivity index (χ1v) is 8.83. The average molecular weight is 397 g/mol. The molecule has 0 saturated carbocycles. The zero-order chi connectivity index (χ0) is 19.8. The summed E-state index contributed by atoms with van der Waals surface area (Å²) in [5.41, 5.74) is -3.81. The maximum atomic E-state index is 15.7. The van der Waals surface area contributed by atoms with Crippen LogP contribution >= 0.6 is 11.6 Å². The van der Waals surface area contributed by atoms with Crippen LogP contribution < -0.4 is 5.32 Å².